The molecule has 0 aliphatic carbocycles. The summed E-state index contributed by atoms with van der Waals surface area (Å²) in [6, 6.07) is 20.8. The summed E-state index contributed by atoms with van der Waals surface area (Å²) in [7, 11) is 1.59. The minimum Gasteiger partial charge on any atom is -0.497 e. The largest absolute Gasteiger partial charge is 0.497 e. The summed E-state index contributed by atoms with van der Waals surface area (Å²) in [5.41, 5.74) is 4.11. The summed E-state index contributed by atoms with van der Waals surface area (Å²) in [5.74, 6) is 1.28. The number of rotatable bonds is 7. The first kappa shape index (κ1) is 19.8. The number of ketones is 1. The van der Waals surface area contributed by atoms with Gasteiger partial charge < -0.3 is 9.15 Å². The lowest BCUT2D eigenvalue weighted by molar-refractivity contribution is 0.102. The molecule has 150 valence electrons. The smallest absolute Gasteiger partial charge is 0.277 e. The molecule has 0 aliphatic heterocycles. The van der Waals surface area contributed by atoms with E-state index in [2.05, 4.69) is 15.2 Å². The lowest BCUT2D eigenvalue weighted by atomic mass is 10.1. The molecule has 0 radical (unpaired) electrons. The molecule has 0 unspecified atom stereocenters. The number of pyridine rings is 1. The molecule has 2 heterocycles. The van der Waals surface area contributed by atoms with Crippen molar-refractivity contribution in [2.24, 2.45) is 0 Å². The number of aromatic nitrogens is 3. The number of methoxy groups -OCH3 is 1. The summed E-state index contributed by atoms with van der Waals surface area (Å²) < 4.78 is 10.9. The second-order valence-corrected chi connectivity index (χ2v) is 7.44. The van der Waals surface area contributed by atoms with Gasteiger partial charge in [-0.2, -0.15) is 0 Å². The van der Waals surface area contributed by atoms with Crippen LogP contribution in [-0.4, -0.2) is 33.8 Å². The first-order valence-electron chi connectivity index (χ1n) is 9.31. The molecule has 0 N–H and O–H groups in total. The third-order valence-electron chi connectivity index (χ3n) is 4.53. The molecule has 0 spiro atoms. The van der Waals surface area contributed by atoms with Crippen LogP contribution in [0, 0.1) is 6.92 Å². The summed E-state index contributed by atoms with van der Waals surface area (Å²) >= 11 is 1.21. The van der Waals surface area contributed by atoms with E-state index in [0.717, 1.165) is 22.5 Å². The Balaban J connectivity index is 1.44. The molecule has 4 rings (SSSR count). The Morgan fingerprint density at radius 2 is 1.77 bits per heavy atom. The summed E-state index contributed by atoms with van der Waals surface area (Å²) in [6.45, 7) is 1.91. The first-order chi connectivity index (χ1) is 14.6. The second kappa shape index (κ2) is 8.92. The molecule has 2 aromatic carbocycles. The third kappa shape index (κ3) is 4.41. The van der Waals surface area contributed by atoms with Crippen LogP contribution in [0.2, 0.25) is 0 Å². The quantitative estimate of drug-likeness (QED) is 0.306. The zero-order valence-corrected chi connectivity index (χ0v) is 17.3. The number of hydrogen-bond donors (Lipinski definition) is 0. The van der Waals surface area contributed by atoms with Crippen LogP contribution in [0.5, 0.6) is 5.75 Å². The van der Waals surface area contributed by atoms with Crippen molar-refractivity contribution in [2.75, 3.05) is 12.9 Å². The Morgan fingerprint density at radius 1 is 1.00 bits per heavy atom. The molecule has 0 atom stereocenters. The standard InChI is InChI=1S/C23H19N3O3S/c1-15-19(12-13-20(24-15)16-6-4-3-5-7-16)22-25-26-23(29-22)30-14-21(27)17-8-10-18(28-2)11-9-17/h3-13H,14H2,1-2H3. The molecule has 0 saturated carbocycles. The van der Waals surface area contributed by atoms with Crippen molar-refractivity contribution in [2.45, 2.75) is 12.1 Å². The molecule has 2 aromatic heterocycles. The molecule has 0 saturated heterocycles. The van der Waals surface area contributed by atoms with Gasteiger partial charge in [0.2, 0.25) is 0 Å². The summed E-state index contributed by atoms with van der Waals surface area (Å²) in [4.78, 5) is 17.0. The maximum Gasteiger partial charge on any atom is 0.277 e. The predicted molar refractivity (Wildman–Crippen MR) is 116 cm³/mol. The van der Waals surface area contributed by atoms with Gasteiger partial charge in [-0.3, -0.25) is 9.78 Å². The number of hydrogen-bond acceptors (Lipinski definition) is 7. The Kier molecular flexibility index (Phi) is 5.90. The monoisotopic (exact) mass is 417 g/mol. The topological polar surface area (TPSA) is 78.1 Å². The van der Waals surface area contributed by atoms with E-state index in [1.54, 1.807) is 31.4 Å². The van der Waals surface area contributed by atoms with E-state index in [0.29, 0.717) is 22.4 Å². The summed E-state index contributed by atoms with van der Waals surface area (Å²) in [5, 5.41) is 8.52. The van der Waals surface area contributed by atoms with Crippen LogP contribution in [0.15, 0.2) is 76.4 Å². The highest BCUT2D eigenvalue weighted by atomic mass is 32.2. The highest BCUT2D eigenvalue weighted by molar-refractivity contribution is 7.99. The number of carbonyl (C=O) groups excluding carboxylic acids is 1. The van der Waals surface area contributed by atoms with E-state index < -0.39 is 0 Å². The van der Waals surface area contributed by atoms with Crippen molar-refractivity contribution >= 4 is 17.5 Å². The maximum absolute atomic E-state index is 12.4. The fourth-order valence-electron chi connectivity index (χ4n) is 2.92. The summed E-state index contributed by atoms with van der Waals surface area (Å²) in [6.07, 6.45) is 0. The molecule has 0 amide bonds. The van der Waals surface area contributed by atoms with Crippen LogP contribution in [0.4, 0.5) is 0 Å². The van der Waals surface area contributed by atoms with Crippen LogP contribution in [-0.2, 0) is 0 Å². The van der Waals surface area contributed by atoms with Crippen molar-refractivity contribution < 1.29 is 13.9 Å². The molecule has 0 aliphatic rings. The average Bonchev–Trinajstić information content (AvgIpc) is 3.26. The minimum absolute atomic E-state index is 0.0209. The van der Waals surface area contributed by atoms with Gasteiger partial charge in [0, 0.05) is 11.1 Å². The number of benzene rings is 2. The Morgan fingerprint density at radius 3 is 2.47 bits per heavy atom. The van der Waals surface area contributed by atoms with E-state index in [1.807, 2.05) is 49.4 Å². The average molecular weight is 417 g/mol. The third-order valence-corrected chi connectivity index (χ3v) is 5.35. The zero-order valence-electron chi connectivity index (χ0n) is 16.5. The normalized spacial score (nSPS) is 10.7. The van der Waals surface area contributed by atoms with Crippen molar-refractivity contribution in [3.8, 4) is 28.5 Å². The van der Waals surface area contributed by atoms with E-state index in [4.69, 9.17) is 9.15 Å². The van der Waals surface area contributed by atoms with E-state index in [9.17, 15) is 4.79 Å². The maximum atomic E-state index is 12.4. The number of ether oxygens (including phenoxy) is 1. The first-order valence-corrected chi connectivity index (χ1v) is 10.3. The van der Waals surface area contributed by atoms with Gasteiger partial charge in [0.1, 0.15) is 5.75 Å². The van der Waals surface area contributed by atoms with Gasteiger partial charge >= 0.3 is 0 Å². The van der Waals surface area contributed by atoms with Gasteiger partial charge in [-0.05, 0) is 43.3 Å². The lowest BCUT2D eigenvalue weighted by Crippen LogP contribution is -2.02. The minimum atomic E-state index is -0.0209. The van der Waals surface area contributed by atoms with Crippen molar-refractivity contribution in [3.05, 3.63) is 78.0 Å². The van der Waals surface area contributed by atoms with Crippen LogP contribution in [0.25, 0.3) is 22.7 Å². The Bertz CT molecular complexity index is 1160. The molecule has 0 fully saturated rings. The number of aryl methyl sites for hydroxylation is 1. The van der Waals surface area contributed by atoms with Gasteiger partial charge in [-0.15, -0.1) is 10.2 Å². The van der Waals surface area contributed by atoms with Gasteiger partial charge in [-0.1, -0.05) is 42.1 Å². The van der Waals surface area contributed by atoms with Crippen molar-refractivity contribution in [3.63, 3.8) is 0 Å². The van der Waals surface area contributed by atoms with Crippen molar-refractivity contribution in [1.82, 2.24) is 15.2 Å². The van der Waals surface area contributed by atoms with Gasteiger partial charge in [0.25, 0.3) is 11.1 Å². The number of nitrogens with zero attached hydrogens (tertiary/aromatic N) is 3. The molecule has 4 aromatic rings. The van der Waals surface area contributed by atoms with Crippen LogP contribution in [0.1, 0.15) is 16.1 Å². The number of thioether (sulfide) groups is 1. The van der Waals surface area contributed by atoms with Crippen LogP contribution >= 0.6 is 11.8 Å². The highest BCUT2D eigenvalue weighted by Crippen LogP contribution is 2.27. The SMILES string of the molecule is COc1ccc(C(=O)CSc2nnc(-c3ccc(-c4ccccc4)nc3C)o2)cc1. The molecule has 6 nitrogen and oxygen atoms in total. The molecular formula is C23H19N3O3S. The van der Waals surface area contributed by atoms with Crippen molar-refractivity contribution in [1.29, 1.82) is 0 Å². The molecule has 0 bridgehead atoms. The molecule has 30 heavy (non-hydrogen) atoms. The highest BCUT2D eigenvalue weighted by Gasteiger charge is 2.15. The fourth-order valence-corrected chi connectivity index (χ4v) is 3.58. The van der Waals surface area contributed by atoms with E-state index >= 15 is 0 Å². The Labute approximate surface area is 178 Å². The number of Topliss-reactive ketones (excluding diaryl/α,β-unsaturated/α-hetero) is 1. The van der Waals surface area contributed by atoms with E-state index in [1.165, 1.54) is 11.8 Å². The molecular weight excluding hydrogens is 398 g/mol. The van der Waals surface area contributed by atoms with Gasteiger partial charge in [0.15, 0.2) is 5.78 Å². The second-order valence-electron chi connectivity index (χ2n) is 6.51. The van der Waals surface area contributed by atoms with E-state index in [-0.39, 0.29) is 11.5 Å². The van der Waals surface area contributed by atoms with Crippen LogP contribution in [0.3, 0.4) is 0 Å². The molecule has 7 heteroatoms. The Hall–Kier alpha value is -3.45. The van der Waals surface area contributed by atoms with Crippen LogP contribution < -0.4 is 4.74 Å². The predicted octanol–water partition coefficient (Wildman–Crippen LogP) is 5.09. The lowest BCUT2D eigenvalue weighted by Gasteiger charge is -2.05. The van der Waals surface area contributed by atoms with Gasteiger partial charge in [-0.25, -0.2) is 0 Å². The number of carbonyl (C=O) groups is 1. The fraction of sp³-hybridized carbons (Fsp3) is 0.130. The van der Waals surface area contributed by atoms with Gasteiger partial charge in [0.05, 0.1) is 29.8 Å². The zero-order chi connectivity index (χ0) is 20.9.